The van der Waals surface area contributed by atoms with Crippen molar-refractivity contribution in [2.75, 3.05) is 11.9 Å². The van der Waals surface area contributed by atoms with Gasteiger partial charge in [-0.05, 0) is 48.4 Å². The number of nitrogens with one attached hydrogen (secondary N) is 1. The third-order valence-corrected chi connectivity index (χ3v) is 4.01. The SMILES string of the molecule is CCOc1ccc(NC(c2ccccc2)c2ccncc2)cc1CO. The zero-order valence-electron chi connectivity index (χ0n) is 14.2. The quantitative estimate of drug-likeness (QED) is 0.681. The Hall–Kier alpha value is -2.85. The molecule has 0 saturated heterocycles. The van der Waals surface area contributed by atoms with E-state index in [2.05, 4.69) is 22.4 Å². The molecule has 128 valence electrons. The molecule has 2 N–H and O–H groups in total. The van der Waals surface area contributed by atoms with Gasteiger partial charge in [-0.1, -0.05) is 30.3 Å². The van der Waals surface area contributed by atoms with E-state index in [-0.39, 0.29) is 12.6 Å². The number of nitrogens with zero attached hydrogens (tertiary/aromatic N) is 1. The summed E-state index contributed by atoms with van der Waals surface area (Å²) in [7, 11) is 0. The number of hydrogen-bond acceptors (Lipinski definition) is 4. The molecule has 0 amide bonds. The Morgan fingerprint density at radius 3 is 2.40 bits per heavy atom. The second-order valence-electron chi connectivity index (χ2n) is 5.68. The lowest BCUT2D eigenvalue weighted by molar-refractivity contribution is 0.267. The van der Waals surface area contributed by atoms with Crippen molar-refractivity contribution in [2.24, 2.45) is 0 Å². The molecule has 25 heavy (non-hydrogen) atoms. The van der Waals surface area contributed by atoms with Crippen LogP contribution in [0.25, 0.3) is 0 Å². The highest BCUT2D eigenvalue weighted by molar-refractivity contribution is 5.54. The fraction of sp³-hybridized carbons (Fsp3) is 0.190. The van der Waals surface area contributed by atoms with Crippen LogP contribution >= 0.6 is 0 Å². The van der Waals surface area contributed by atoms with Gasteiger partial charge in [0.25, 0.3) is 0 Å². The normalized spacial score (nSPS) is 11.8. The van der Waals surface area contributed by atoms with Gasteiger partial charge in [-0.25, -0.2) is 0 Å². The molecular formula is C21H22N2O2. The first-order valence-corrected chi connectivity index (χ1v) is 8.39. The van der Waals surface area contributed by atoms with Gasteiger partial charge in [-0.2, -0.15) is 0 Å². The summed E-state index contributed by atoms with van der Waals surface area (Å²) in [4.78, 5) is 4.11. The highest BCUT2D eigenvalue weighted by atomic mass is 16.5. The van der Waals surface area contributed by atoms with Gasteiger partial charge in [0.1, 0.15) is 5.75 Å². The largest absolute Gasteiger partial charge is 0.494 e. The first kappa shape index (κ1) is 17.0. The molecule has 2 aromatic carbocycles. The van der Waals surface area contributed by atoms with E-state index in [4.69, 9.17) is 4.74 Å². The topological polar surface area (TPSA) is 54.4 Å². The third kappa shape index (κ3) is 4.17. The molecule has 0 aliphatic rings. The second-order valence-corrected chi connectivity index (χ2v) is 5.68. The molecule has 0 spiro atoms. The maximum Gasteiger partial charge on any atom is 0.124 e. The lowest BCUT2D eigenvalue weighted by Gasteiger charge is -2.22. The Kier molecular flexibility index (Phi) is 5.65. The number of aromatic nitrogens is 1. The van der Waals surface area contributed by atoms with Crippen molar-refractivity contribution in [2.45, 2.75) is 19.6 Å². The Labute approximate surface area is 148 Å². The van der Waals surface area contributed by atoms with E-state index in [9.17, 15) is 5.11 Å². The highest BCUT2D eigenvalue weighted by Crippen LogP contribution is 2.29. The van der Waals surface area contributed by atoms with Gasteiger partial charge in [-0.3, -0.25) is 4.98 Å². The first-order chi connectivity index (χ1) is 12.3. The zero-order valence-corrected chi connectivity index (χ0v) is 14.2. The Balaban J connectivity index is 1.93. The molecule has 0 radical (unpaired) electrons. The maximum absolute atomic E-state index is 9.62. The number of anilines is 1. The van der Waals surface area contributed by atoms with Crippen LogP contribution in [0.4, 0.5) is 5.69 Å². The lowest BCUT2D eigenvalue weighted by atomic mass is 9.99. The number of rotatable bonds is 7. The molecule has 1 unspecified atom stereocenters. The van der Waals surface area contributed by atoms with Gasteiger partial charge in [0.15, 0.2) is 0 Å². The van der Waals surface area contributed by atoms with E-state index in [1.54, 1.807) is 12.4 Å². The van der Waals surface area contributed by atoms with Crippen molar-refractivity contribution in [3.8, 4) is 5.75 Å². The summed E-state index contributed by atoms with van der Waals surface area (Å²) < 4.78 is 5.56. The van der Waals surface area contributed by atoms with E-state index in [1.165, 1.54) is 0 Å². The maximum atomic E-state index is 9.62. The molecule has 4 nitrogen and oxygen atoms in total. The van der Waals surface area contributed by atoms with Crippen LogP contribution in [0.5, 0.6) is 5.75 Å². The first-order valence-electron chi connectivity index (χ1n) is 8.39. The summed E-state index contributed by atoms with van der Waals surface area (Å²) in [6, 6.07) is 20.1. The van der Waals surface area contributed by atoms with Crippen molar-refractivity contribution in [1.82, 2.24) is 4.98 Å². The van der Waals surface area contributed by atoms with Crippen LogP contribution in [0.3, 0.4) is 0 Å². The predicted molar refractivity (Wildman–Crippen MR) is 99.7 cm³/mol. The third-order valence-electron chi connectivity index (χ3n) is 4.01. The second kappa shape index (κ2) is 8.31. The Morgan fingerprint density at radius 2 is 1.72 bits per heavy atom. The van der Waals surface area contributed by atoms with Crippen LogP contribution in [-0.4, -0.2) is 16.7 Å². The standard InChI is InChI=1S/C21H22N2O2/c1-2-25-20-9-8-19(14-18(20)15-24)23-21(16-6-4-3-5-7-16)17-10-12-22-13-11-17/h3-14,21,23-24H,2,15H2,1H3. The van der Waals surface area contributed by atoms with Crippen molar-refractivity contribution in [1.29, 1.82) is 0 Å². The van der Waals surface area contributed by atoms with Gasteiger partial charge < -0.3 is 15.2 Å². The molecule has 1 aromatic heterocycles. The summed E-state index contributed by atoms with van der Waals surface area (Å²) in [6.45, 7) is 2.45. The van der Waals surface area contributed by atoms with Crippen LogP contribution in [0.2, 0.25) is 0 Å². The molecule has 0 aliphatic carbocycles. The number of benzene rings is 2. The summed E-state index contributed by atoms with van der Waals surface area (Å²) in [5, 5.41) is 13.2. The lowest BCUT2D eigenvalue weighted by Crippen LogP contribution is -2.12. The molecule has 1 atom stereocenters. The van der Waals surface area contributed by atoms with Gasteiger partial charge in [0.2, 0.25) is 0 Å². The van der Waals surface area contributed by atoms with E-state index >= 15 is 0 Å². The average molecular weight is 334 g/mol. The molecule has 0 aliphatic heterocycles. The minimum atomic E-state index is -0.0594. The van der Waals surface area contributed by atoms with Crippen LogP contribution in [0.1, 0.15) is 29.7 Å². The van der Waals surface area contributed by atoms with Crippen molar-refractivity contribution in [3.05, 3.63) is 89.7 Å². The molecule has 0 fully saturated rings. The van der Waals surface area contributed by atoms with Crippen molar-refractivity contribution >= 4 is 5.69 Å². The smallest absolute Gasteiger partial charge is 0.124 e. The minimum absolute atomic E-state index is 0.00585. The van der Waals surface area contributed by atoms with Crippen molar-refractivity contribution < 1.29 is 9.84 Å². The minimum Gasteiger partial charge on any atom is -0.494 e. The number of aliphatic hydroxyl groups excluding tert-OH is 1. The van der Waals surface area contributed by atoms with E-state index in [1.807, 2.05) is 55.5 Å². The van der Waals surface area contributed by atoms with Crippen molar-refractivity contribution in [3.63, 3.8) is 0 Å². The average Bonchev–Trinajstić information content (AvgIpc) is 2.68. The monoisotopic (exact) mass is 334 g/mol. The van der Waals surface area contributed by atoms with Gasteiger partial charge in [0, 0.05) is 23.6 Å². The highest BCUT2D eigenvalue weighted by Gasteiger charge is 2.14. The summed E-state index contributed by atoms with van der Waals surface area (Å²) in [5.74, 6) is 0.718. The van der Waals surface area contributed by atoms with Gasteiger partial charge in [-0.15, -0.1) is 0 Å². The summed E-state index contributed by atoms with van der Waals surface area (Å²) in [6.07, 6.45) is 3.59. The van der Waals surface area contributed by atoms with Crippen LogP contribution in [0, 0.1) is 0 Å². The molecule has 0 saturated carbocycles. The van der Waals surface area contributed by atoms with Gasteiger partial charge >= 0.3 is 0 Å². The molecule has 4 heteroatoms. The summed E-state index contributed by atoms with van der Waals surface area (Å²) in [5.41, 5.74) is 3.99. The molecule has 0 bridgehead atoms. The van der Waals surface area contributed by atoms with E-state index in [0.717, 1.165) is 28.1 Å². The number of ether oxygens (including phenoxy) is 1. The predicted octanol–water partition coefficient (Wildman–Crippen LogP) is 4.17. The fourth-order valence-electron chi connectivity index (χ4n) is 2.82. The van der Waals surface area contributed by atoms with Crippen LogP contribution < -0.4 is 10.1 Å². The fourth-order valence-corrected chi connectivity index (χ4v) is 2.82. The number of hydrogen-bond donors (Lipinski definition) is 2. The zero-order chi connectivity index (χ0) is 17.5. The number of pyridine rings is 1. The van der Waals surface area contributed by atoms with Crippen LogP contribution in [-0.2, 0) is 6.61 Å². The van der Waals surface area contributed by atoms with Gasteiger partial charge in [0.05, 0.1) is 19.3 Å². The molecule has 3 aromatic rings. The van der Waals surface area contributed by atoms with E-state index in [0.29, 0.717) is 6.61 Å². The van der Waals surface area contributed by atoms with Crippen LogP contribution in [0.15, 0.2) is 73.1 Å². The Bertz CT molecular complexity index is 752. The summed E-state index contributed by atoms with van der Waals surface area (Å²) >= 11 is 0. The molecular weight excluding hydrogens is 312 g/mol. The number of aliphatic hydroxyl groups is 1. The molecule has 1 heterocycles. The van der Waals surface area contributed by atoms with E-state index < -0.39 is 0 Å². The Morgan fingerprint density at radius 1 is 1.00 bits per heavy atom. The molecule has 3 rings (SSSR count).